The lowest BCUT2D eigenvalue weighted by atomic mass is 10.1. The second kappa shape index (κ2) is 6.31. The lowest BCUT2D eigenvalue weighted by molar-refractivity contribution is -0.668. The number of Topliss-reactive ketones (excluding diaryl/α,β-unsaturated/α-hetero) is 1. The van der Waals surface area contributed by atoms with Gasteiger partial charge >= 0.3 is 12.2 Å². The van der Waals surface area contributed by atoms with Gasteiger partial charge in [0.2, 0.25) is 17.8 Å². The Bertz CT molecular complexity index is 876. The van der Waals surface area contributed by atoms with Crippen LogP contribution >= 0.6 is 0 Å². The van der Waals surface area contributed by atoms with Gasteiger partial charge in [-0.2, -0.15) is 4.57 Å². The van der Waals surface area contributed by atoms with Crippen LogP contribution in [0.3, 0.4) is 0 Å². The van der Waals surface area contributed by atoms with Gasteiger partial charge in [0.1, 0.15) is 0 Å². The molecule has 0 aliphatic rings. The number of carbonyl (C=O) groups is 1. The zero-order valence-corrected chi connectivity index (χ0v) is 12.5. The summed E-state index contributed by atoms with van der Waals surface area (Å²) in [5, 5.41) is 0.716. The van der Waals surface area contributed by atoms with Gasteiger partial charge in [-0.05, 0) is 12.1 Å². The Kier molecular flexibility index (Phi) is 4.20. The lowest BCUT2D eigenvalue weighted by Gasteiger charge is -2.10. The molecule has 2 aromatic carbocycles. The number of ketones is 1. The molecule has 6 heteroatoms. The molecular formula is C18H13F3NO2+. The number of carbonyl (C=O) groups excluding carboxylic acids is 1. The fourth-order valence-electron chi connectivity index (χ4n) is 2.47. The summed E-state index contributed by atoms with van der Waals surface area (Å²) in [6.07, 6.45) is -4.83. The summed E-state index contributed by atoms with van der Waals surface area (Å²) in [6, 6.07) is 18.0. The third-order valence-corrected chi connectivity index (χ3v) is 3.52. The van der Waals surface area contributed by atoms with E-state index in [1.807, 2.05) is 0 Å². The van der Waals surface area contributed by atoms with E-state index in [1.165, 1.54) is 16.7 Å². The van der Waals surface area contributed by atoms with E-state index in [2.05, 4.69) is 4.74 Å². The van der Waals surface area contributed by atoms with Crippen molar-refractivity contribution in [2.24, 2.45) is 0 Å². The molecule has 0 fully saturated rings. The Morgan fingerprint density at radius 3 is 2.29 bits per heavy atom. The summed E-state index contributed by atoms with van der Waals surface area (Å²) in [7, 11) is 0. The SMILES string of the molecule is O=C(C[n+]1c(OC(F)(F)F)ccc2ccccc21)c1ccccc1. The van der Waals surface area contributed by atoms with Gasteiger partial charge in [-0.3, -0.25) is 4.79 Å². The highest BCUT2D eigenvalue weighted by molar-refractivity contribution is 5.95. The van der Waals surface area contributed by atoms with E-state index in [0.29, 0.717) is 16.5 Å². The average molecular weight is 332 g/mol. The second-order valence-electron chi connectivity index (χ2n) is 5.15. The van der Waals surface area contributed by atoms with Gasteiger partial charge in [0.15, 0.2) is 0 Å². The Labute approximate surface area is 135 Å². The smallest absolute Gasteiger partial charge is 0.350 e. The van der Waals surface area contributed by atoms with Gasteiger partial charge in [-0.25, -0.2) is 0 Å². The van der Waals surface area contributed by atoms with Crippen LogP contribution < -0.4 is 9.30 Å². The van der Waals surface area contributed by atoms with Crippen molar-refractivity contribution in [2.45, 2.75) is 12.9 Å². The number of alkyl halides is 3. The maximum atomic E-state index is 12.7. The van der Waals surface area contributed by atoms with Crippen LogP contribution in [-0.2, 0) is 6.54 Å². The molecule has 24 heavy (non-hydrogen) atoms. The normalized spacial score (nSPS) is 11.5. The summed E-state index contributed by atoms with van der Waals surface area (Å²) in [5.41, 5.74) is 0.916. The van der Waals surface area contributed by atoms with Gasteiger partial charge in [0.25, 0.3) is 0 Å². The van der Waals surface area contributed by atoms with Gasteiger partial charge < -0.3 is 4.74 Å². The maximum Gasteiger partial charge on any atom is 0.577 e. The highest BCUT2D eigenvalue weighted by Crippen LogP contribution is 2.22. The molecule has 3 aromatic rings. The fourth-order valence-corrected chi connectivity index (χ4v) is 2.47. The summed E-state index contributed by atoms with van der Waals surface area (Å²) in [6.45, 7) is -0.253. The van der Waals surface area contributed by atoms with Crippen molar-refractivity contribution in [3.05, 3.63) is 72.3 Å². The van der Waals surface area contributed by atoms with Gasteiger partial charge in [0.05, 0.1) is 6.07 Å². The Morgan fingerprint density at radius 2 is 1.58 bits per heavy atom. The fraction of sp³-hybridized carbons (Fsp3) is 0.111. The molecule has 0 bridgehead atoms. The molecule has 0 aliphatic heterocycles. The molecule has 0 aliphatic carbocycles. The minimum atomic E-state index is -4.83. The van der Waals surface area contributed by atoms with E-state index in [0.717, 1.165) is 0 Å². The number of para-hydroxylation sites is 1. The van der Waals surface area contributed by atoms with Crippen molar-refractivity contribution in [3.8, 4) is 5.88 Å². The number of pyridine rings is 1. The van der Waals surface area contributed by atoms with Crippen LogP contribution in [0.4, 0.5) is 13.2 Å². The van der Waals surface area contributed by atoms with Crippen molar-refractivity contribution in [1.82, 2.24) is 0 Å². The molecule has 0 atom stereocenters. The first-order valence-corrected chi connectivity index (χ1v) is 7.20. The van der Waals surface area contributed by atoms with Crippen LogP contribution in [0.5, 0.6) is 5.88 Å². The van der Waals surface area contributed by atoms with E-state index >= 15 is 0 Å². The number of rotatable bonds is 4. The topological polar surface area (TPSA) is 30.2 Å². The van der Waals surface area contributed by atoms with Crippen molar-refractivity contribution >= 4 is 16.7 Å². The summed E-state index contributed by atoms with van der Waals surface area (Å²) in [4.78, 5) is 12.4. The molecule has 3 nitrogen and oxygen atoms in total. The highest BCUT2D eigenvalue weighted by Gasteiger charge is 2.36. The van der Waals surface area contributed by atoms with Gasteiger partial charge in [-0.1, -0.05) is 42.5 Å². The molecular weight excluding hydrogens is 319 g/mol. The molecule has 122 valence electrons. The molecule has 1 heterocycles. The number of aromatic nitrogens is 1. The van der Waals surface area contributed by atoms with Crippen molar-refractivity contribution < 1.29 is 27.3 Å². The number of fused-ring (bicyclic) bond motifs is 1. The molecule has 1 aromatic heterocycles. The number of hydrogen-bond acceptors (Lipinski definition) is 2. The zero-order valence-electron chi connectivity index (χ0n) is 12.5. The van der Waals surface area contributed by atoms with Gasteiger partial charge in [0, 0.05) is 17.0 Å². The quantitative estimate of drug-likeness (QED) is 0.536. The molecule has 0 spiro atoms. The van der Waals surface area contributed by atoms with Crippen LogP contribution in [0.25, 0.3) is 10.9 Å². The molecule has 3 rings (SSSR count). The number of halogens is 3. The highest BCUT2D eigenvalue weighted by atomic mass is 19.4. The van der Waals surface area contributed by atoms with Crippen LogP contribution in [0.15, 0.2) is 66.7 Å². The van der Waals surface area contributed by atoms with Crippen LogP contribution in [0.1, 0.15) is 10.4 Å². The lowest BCUT2D eigenvalue weighted by Crippen LogP contribution is -2.42. The average Bonchev–Trinajstić information content (AvgIpc) is 2.56. The van der Waals surface area contributed by atoms with Crippen molar-refractivity contribution in [3.63, 3.8) is 0 Å². The minimum absolute atomic E-state index is 0.253. The van der Waals surface area contributed by atoms with Crippen LogP contribution in [0, 0.1) is 0 Å². The number of ether oxygens (including phenoxy) is 1. The first-order chi connectivity index (χ1) is 11.4. The monoisotopic (exact) mass is 332 g/mol. The first kappa shape index (κ1) is 16.0. The third kappa shape index (κ3) is 3.53. The predicted molar refractivity (Wildman–Crippen MR) is 81.6 cm³/mol. The number of nitrogens with zero attached hydrogens (tertiary/aromatic N) is 1. The Morgan fingerprint density at radius 1 is 0.917 bits per heavy atom. The Hall–Kier alpha value is -2.89. The van der Waals surface area contributed by atoms with Crippen molar-refractivity contribution in [1.29, 1.82) is 0 Å². The number of hydrogen-bond donors (Lipinski definition) is 0. The molecule has 0 saturated carbocycles. The maximum absolute atomic E-state index is 12.7. The molecule has 0 radical (unpaired) electrons. The summed E-state index contributed by atoms with van der Waals surface area (Å²) in [5.74, 6) is -0.727. The minimum Gasteiger partial charge on any atom is -0.350 e. The van der Waals surface area contributed by atoms with E-state index in [-0.39, 0.29) is 12.3 Å². The van der Waals surface area contributed by atoms with E-state index in [1.54, 1.807) is 54.6 Å². The molecule has 0 N–H and O–H groups in total. The van der Waals surface area contributed by atoms with E-state index in [9.17, 15) is 18.0 Å². The largest absolute Gasteiger partial charge is 0.577 e. The Balaban J connectivity index is 2.06. The van der Waals surface area contributed by atoms with E-state index in [4.69, 9.17) is 0 Å². The third-order valence-electron chi connectivity index (χ3n) is 3.52. The predicted octanol–water partition coefficient (Wildman–Crippen LogP) is 3.91. The van der Waals surface area contributed by atoms with Crippen LogP contribution in [0.2, 0.25) is 0 Å². The molecule has 0 amide bonds. The van der Waals surface area contributed by atoms with Crippen molar-refractivity contribution in [2.75, 3.05) is 0 Å². The molecule has 0 unspecified atom stereocenters. The summed E-state index contributed by atoms with van der Waals surface area (Å²) >= 11 is 0. The second-order valence-corrected chi connectivity index (χ2v) is 5.15. The van der Waals surface area contributed by atoms with E-state index < -0.39 is 12.2 Å². The zero-order chi connectivity index (χ0) is 17.2. The molecule has 0 saturated heterocycles. The standard InChI is InChI=1S/C18H13F3NO2/c19-18(20,21)24-17-11-10-13-6-4-5-9-15(13)22(17)12-16(23)14-7-2-1-3-8-14/h1-11H,12H2/q+1. The number of benzene rings is 2. The van der Waals surface area contributed by atoms with Crippen LogP contribution in [-0.4, -0.2) is 12.1 Å². The van der Waals surface area contributed by atoms with Gasteiger partial charge in [-0.15, -0.1) is 13.2 Å². The first-order valence-electron chi connectivity index (χ1n) is 7.20. The summed E-state index contributed by atoms with van der Waals surface area (Å²) < 4.78 is 43.3.